The molecule has 11 nitrogen and oxygen atoms in total. The van der Waals surface area contributed by atoms with Crippen LogP contribution in [0.3, 0.4) is 0 Å². The van der Waals surface area contributed by atoms with Gasteiger partial charge in [-0.15, -0.1) is 0 Å². The van der Waals surface area contributed by atoms with Gasteiger partial charge in [0.05, 0.1) is 24.8 Å². The van der Waals surface area contributed by atoms with Gasteiger partial charge in [-0.1, -0.05) is 68.2 Å². The van der Waals surface area contributed by atoms with Crippen LogP contribution in [0.25, 0.3) is 0 Å². The van der Waals surface area contributed by atoms with Crippen LogP contribution in [0.2, 0.25) is 18.1 Å². The van der Waals surface area contributed by atoms with Crippen LogP contribution in [0.4, 0.5) is 5.69 Å². The van der Waals surface area contributed by atoms with E-state index in [2.05, 4.69) is 83.9 Å². The number of hydrogen-bond donors (Lipinski definition) is 2. The lowest BCUT2D eigenvalue weighted by atomic mass is 9.58. The molecule has 0 amide bonds. The molecule has 4 atom stereocenters. The van der Waals surface area contributed by atoms with Gasteiger partial charge >= 0.3 is 0 Å². The van der Waals surface area contributed by atoms with E-state index in [-0.39, 0.29) is 44.9 Å². The van der Waals surface area contributed by atoms with Crippen molar-refractivity contribution < 1.29 is 33.1 Å². The number of unbranched alkanes of at least 4 members (excludes halogenated alkanes) is 2. The highest BCUT2D eigenvalue weighted by Gasteiger charge is 2.67. The average molecular weight is 781 g/mol. The molecule has 3 aliphatic rings. The van der Waals surface area contributed by atoms with Crippen LogP contribution in [-0.4, -0.2) is 88.6 Å². The van der Waals surface area contributed by atoms with E-state index in [0.29, 0.717) is 49.7 Å². The Morgan fingerprint density at radius 2 is 1.64 bits per heavy atom. The van der Waals surface area contributed by atoms with Crippen molar-refractivity contribution in [3.8, 4) is 11.6 Å². The first-order valence-corrected chi connectivity index (χ1v) is 23.2. The summed E-state index contributed by atoms with van der Waals surface area (Å²) in [6.45, 7) is 23.5. The van der Waals surface area contributed by atoms with E-state index in [1.165, 1.54) is 0 Å². The smallest absolute Gasteiger partial charge is 0.265 e. The summed E-state index contributed by atoms with van der Waals surface area (Å²) in [5.41, 5.74) is 2.06. The van der Waals surface area contributed by atoms with Crippen molar-refractivity contribution in [2.45, 2.75) is 130 Å². The predicted octanol–water partition coefficient (Wildman–Crippen LogP) is 8.68. The third-order valence-electron chi connectivity index (χ3n) is 12.0. The summed E-state index contributed by atoms with van der Waals surface area (Å²) in [7, 11) is 5.09. The summed E-state index contributed by atoms with van der Waals surface area (Å²) in [5, 5.41) is 20.6. The molecular formula is C43H68N4O7Si. The Kier molecular flexibility index (Phi) is 12.5. The summed E-state index contributed by atoms with van der Waals surface area (Å²) in [4.78, 5) is 34.9. The van der Waals surface area contributed by atoms with E-state index in [1.54, 1.807) is 0 Å². The molecule has 12 heteroatoms. The van der Waals surface area contributed by atoms with Crippen molar-refractivity contribution in [3.05, 3.63) is 45.4 Å². The lowest BCUT2D eigenvalue weighted by Crippen LogP contribution is -2.65. The fraction of sp³-hybridized carbons (Fsp3) is 0.698. The number of fused-ring (bicyclic) bond motifs is 4. The summed E-state index contributed by atoms with van der Waals surface area (Å²) in [5.74, 6) is -1.01. The average Bonchev–Trinajstić information content (AvgIpc) is 3.48. The summed E-state index contributed by atoms with van der Waals surface area (Å²) >= 11 is 0. The Morgan fingerprint density at radius 3 is 2.20 bits per heavy atom. The molecule has 1 aromatic carbocycles. The number of nitrogens with zero attached hydrogens (tertiary/aromatic N) is 3. The number of hydrogen-bond acceptors (Lipinski definition) is 11. The van der Waals surface area contributed by atoms with E-state index in [4.69, 9.17) is 18.4 Å². The van der Waals surface area contributed by atoms with Gasteiger partial charge in [0.25, 0.3) is 5.88 Å². The van der Waals surface area contributed by atoms with Gasteiger partial charge in [-0.3, -0.25) is 14.5 Å². The number of carbonyl (C=O) groups excluding carboxylic acids is 2. The standard InChI is InChI=1S/C43H68N4O7Si/c1-15-17-19-51-30-23-27(24-44-25-41(3,4)5)34(46(9)10)28-21-26-22-29-35(47(11)12)37-33(40(45-53-37)52-20-18-16-2)39(50)43(29,54-55(13,14)42(6,7)8)38(49)31(26)36(48)32(28)30/h23,26,29,35,44,49H,15-22,24-25H2,1-14H3/t26-,29-,35-,43-/m0/s1. The zero-order chi connectivity index (χ0) is 40.8. The number of Topliss-reactive ketones (excluding diaryl/α,β-unsaturated/α-hetero) is 2. The maximum atomic E-state index is 15.5. The van der Waals surface area contributed by atoms with Crippen molar-refractivity contribution in [3.63, 3.8) is 0 Å². The van der Waals surface area contributed by atoms with Gasteiger partial charge in [0.2, 0.25) is 5.78 Å². The number of nitrogens with one attached hydrogen (secondary N) is 1. The third kappa shape index (κ3) is 7.90. The first-order chi connectivity index (χ1) is 25.6. The van der Waals surface area contributed by atoms with Crippen LogP contribution in [0, 0.1) is 17.3 Å². The SMILES string of the molecule is CCCCOc1cc(CNCC(C)(C)C)c(N(C)C)c2c1C(=O)C1=C(O)[C@]3(O[Si](C)(C)C(C)(C)C)C(=O)c4c(OCCCC)noc4[C@@H](N(C)C)[C@@H]3C[C@@H]1C2. The molecule has 0 saturated heterocycles. The largest absolute Gasteiger partial charge is 0.508 e. The molecule has 0 spiro atoms. The van der Waals surface area contributed by atoms with Crippen LogP contribution >= 0.6 is 0 Å². The minimum atomic E-state index is -2.82. The Morgan fingerprint density at radius 1 is 1.00 bits per heavy atom. The summed E-state index contributed by atoms with van der Waals surface area (Å²) in [6.07, 6.45) is 4.35. The second-order valence-electron chi connectivity index (χ2n) is 19.1. The maximum Gasteiger partial charge on any atom is 0.265 e. The number of carbonyl (C=O) groups is 2. The molecule has 0 fully saturated rings. The molecular weight excluding hydrogens is 713 g/mol. The number of ether oxygens (including phenoxy) is 2. The second-order valence-corrected chi connectivity index (χ2v) is 23.8. The fourth-order valence-corrected chi connectivity index (χ4v) is 9.81. The number of aromatic nitrogens is 1. The van der Waals surface area contributed by atoms with Gasteiger partial charge in [-0.25, -0.2) is 0 Å². The molecule has 0 aliphatic heterocycles. The molecule has 2 aromatic rings. The van der Waals surface area contributed by atoms with Crippen LogP contribution in [0.15, 0.2) is 21.9 Å². The van der Waals surface area contributed by atoms with E-state index in [1.807, 2.05) is 39.2 Å². The Labute approximate surface area is 330 Å². The number of rotatable bonds is 15. The van der Waals surface area contributed by atoms with Crippen molar-refractivity contribution in [2.24, 2.45) is 17.3 Å². The van der Waals surface area contributed by atoms with Gasteiger partial charge in [-0.2, -0.15) is 0 Å². The van der Waals surface area contributed by atoms with Crippen molar-refractivity contribution in [1.29, 1.82) is 0 Å². The highest BCUT2D eigenvalue weighted by molar-refractivity contribution is 6.74. The first kappa shape index (κ1) is 42.9. The molecule has 0 unspecified atom stereocenters. The van der Waals surface area contributed by atoms with Gasteiger partial charge in [0.1, 0.15) is 17.1 Å². The Hall–Kier alpha value is -3.19. The van der Waals surface area contributed by atoms with Crippen LogP contribution in [-0.2, 0) is 17.4 Å². The lowest BCUT2D eigenvalue weighted by Gasteiger charge is -2.55. The number of ketones is 2. The lowest BCUT2D eigenvalue weighted by molar-refractivity contribution is -0.0480. The van der Waals surface area contributed by atoms with E-state index in [9.17, 15) is 5.11 Å². The van der Waals surface area contributed by atoms with Crippen molar-refractivity contribution >= 4 is 25.6 Å². The van der Waals surface area contributed by atoms with E-state index < -0.39 is 31.7 Å². The molecule has 306 valence electrons. The van der Waals surface area contributed by atoms with Crippen LogP contribution in [0.1, 0.15) is 131 Å². The molecule has 55 heavy (non-hydrogen) atoms. The van der Waals surface area contributed by atoms with Gasteiger partial charge < -0.3 is 33.7 Å². The molecule has 2 N–H and O–H groups in total. The molecule has 0 radical (unpaired) electrons. The molecule has 5 rings (SSSR count). The topological polar surface area (TPSA) is 127 Å². The predicted molar refractivity (Wildman–Crippen MR) is 220 cm³/mol. The van der Waals surface area contributed by atoms with Crippen LogP contribution in [0.5, 0.6) is 11.6 Å². The monoisotopic (exact) mass is 780 g/mol. The summed E-state index contributed by atoms with van der Waals surface area (Å²) < 4.78 is 25.9. The van der Waals surface area contributed by atoms with Crippen LogP contribution < -0.4 is 19.7 Å². The maximum absolute atomic E-state index is 15.5. The highest BCUT2D eigenvalue weighted by Crippen LogP contribution is 2.60. The van der Waals surface area contributed by atoms with Gasteiger partial charge in [-0.05, 0) is 91.6 Å². The van der Waals surface area contributed by atoms with Crippen molar-refractivity contribution in [2.75, 3.05) is 52.8 Å². The Bertz CT molecular complexity index is 1780. The normalized spacial score (nSPS) is 22.7. The van der Waals surface area contributed by atoms with E-state index >= 15 is 9.59 Å². The third-order valence-corrected chi connectivity index (χ3v) is 16.5. The Balaban J connectivity index is 1.78. The zero-order valence-corrected chi connectivity index (χ0v) is 37.1. The fourth-order valence-electron chi connectivity index (χ4n) is 8.36. The highest BCUT2D eigenvalue weighted by atomic mass is 28.4. The van der Waals surface area contributed by atoms with E-state index in [0.717, 1.165) is 49.0 Å². The molecule has 1 heterocycles. The molecule has 0 bridgehead atoms. The quantitative estimate of drug-likeness (QED) is 0.133. The zero-order valence-electron chi connectivity index (χ0n) is 36.1. The minimum Gasteiger partial charge on any atom is -0.508 e. The molecule has 3 aliphatic carbocycles. The number of anilines is 1. The summed E-state index contributed by atoms with van der Waals surface area (Å²) in [6, 6.07) is 1.50. The van der Waals surface area contributed by atoms with Gasteiger partial charge in [0, 0.05) is 44.4 Å². The number of aliphatic hydroxyl groups is 1. The molecule has 0 saturated carbocycles. The molecule has 1 aromatic heterocycles. The number of aliphatic hydroxyl groups excluding tert-OH is 1. The number of benzene rings is 1. The number of allylic oxidation sites excluding steroid dienone is 1. The van der Waals surface area contributed by atoms with Gasteiger partial charge in [0.15, 0.2) is 25.5 Å². The second kappa shape index (κ2) is 16.0. The minimum absolute atomic E-state index is 0.0907. The first-order valence-electron chi connectivity index (χ1n) is 20.3. The van der Waals surface area contributed by atoms with Crippen molar-refractivity contribution in [1.82, 2.24) is 15.4 Å².